The van der Waals surface area contributed by atoms with Gasteiger partial charge in [0.25, 0.3) is 0 Å². The maximum atomic E-state index is 4.75. The zero-order valence-electron chi connectivity index (χ0n) is 9.68. The van der Waals surface area contributed by atoms with E-state index in [0.29, 0.717) is 6.04 Å². The number of rotatable bonds is 4. The van der Waals surface area contributed by atoms with Crippen molar-refractivity contribution in [3.63, 3.8) is 0 Å². The standard InChI is InChI=1S/C12H20N2S/c1-3-4-5-12-14-10-7-6-9(13-2)8-11(10)15-12/h9,13H,3-8H2,1-2H3/t9-/m0/s1. The van der Waals surface area contributed by atoms with Gasteiger partial charge in [-0.1, -0.05) is 13.3 Å². The number of hydrogen-bond donors (Lipinski definition) is 1. The molecule has 1 N–H and O–H groups in total. The van der Waals surface area contributed by atoms with Crippen molar-refractivity contribution < 1.29 is 0 Å². The summed E-state index contributed by atoms with van der Waals surface area (Å²) in [4.78, 5) is 6.28. The first-order valence-electron chi connectivity index (χ1n) is 5.98. The maximum Gasteiger partial charge on any atom is 0.0931 e. The van der Waals surface area contributed by atoms with Crippen LogP contribution in [-0.2, 0) is 19.3 Å². The molecule has 1 heterocycles. The zero-order valence-corrected chi connectivity index (χ0v) is 10.5. The van der Waals surface area contributed by atoms with Crippen molar-refractivity contribution in [3.8, 4) is 0 Å². The van der Waals surface area contributed by atoms with E-state index in [9.17, 15) is 0 Å². The minimum absolute atomic E-state index is 0.678. The van der Waals surface area contributed by atoms with E-state index < -0.39 is 0 Å². The lowest BCUT2D eigenvalue weighted by Crippen LogP contribution is -2.30. The van der Waals surface area contributed by atoms with Crippen LogP contribution in [0.4, 0.5) is 0 Å². The molecule has 1 aromatic rings. The Kier molecular flexibility index (Phi) is 3.76. The molecule has 1 aliphatic carbocycles. The van der Waals surface area contributed by atoms with Gasteiger partial charge in [0.1, 0.15) is 0 Å². The van der Waals surface area contributed by atoms with E-state index in [1.807, 2.05) is 11.3 Å². The van der Waals surface area contributed by atoms with Crippen LogP contribution in [0.2, 0.25) is 0 Å². The Bertz CT molecular complexity index is 319. The van der Waals surface area contributed by atoms with Gasteiger partial charge in [0.05, 0.1) is 10.7 Å². The van der Waals surface area contributed by atoms with E-state index in [2.05, 4.69) is 19.3 Å². The van der Waals surface area contributed by atoms with Crippen molar-refractivity contribution in [2.24, 2.45) is 0 Å². The molecule has 2 rings (SSSR count). The first-order chi connectivity index (χ1) is 7.33. The SMILES string of the molecule is CCCCc1nc2c(s1)C[C@@H](NC)CC2. The molecular weight excluding hydrogens is 204 g/mol. The Balaban J connectivity index is 2.04. The number of hydrogen-bond acceptors (Lipinski definition) is 3. The Morgan fingerprint density at radius 1 is 1.53 bits per heavy atom. The molecule has 0 fully saturated rings. The highest BCUT2D eigenvalue weighted by Crippen LogP contribution is 2.27. The van der Waals surface area contributed by atoms with Gasteiger partial charge in [-0.05, 0) is 39.2 Å². The fourth-order valence-electron chi connectivity index (χ4n) is 2.11. The van der Waals surface area contributed by atoms with Crippen molar-refractivity contribution in [2.75, 3.05) is 7.05 Å². The van der Waals surface area contributed by atoms with Crippen LogP contribution in [-0.4, -0.2) is 18.1 Å². The lowest BCUT2D eigenvalue weighted by atomic mass is 9.98. The van der Waals surface area contributed by atoms with Crippen molar-refractivity contribution in [1.29, 1.82) is 0 Å². The average Bonchev–Trinajstić information content (AvgIpc) is 2.67. The number of nitrogens with one attached hydrogen (secondary N) is 1. The monoisotopic (exact) mass is 224 g/mol. The molecule has 0 amide bonds. The molecule has 0 saturated carbocycles. The Morgan fingerprint density at radius 2 is 2.40 bits per heavy atom. The van der Waals surface area contributed by atoms with Crippen LogP contribution >= 0.6 is 11.3 Å². The van der Waals surface area contributed by atoms with Gasteiger partial charge in [-0.25, -0.2) is 4.98 Å². The largest absolute Gasteiger partial charge is 0.317 e. The Hall–Kier alpha value is -0.410. The minimum Gasteiger partial charge on any atom is -0.317 e. The molecule has 0 spiro atoms. The van der Waals surface area contributed by atoms with Gasteiger partial charge in [-0.15, -0.1) is 11.3 Å². The van der Waals surface area contributed by atoms with Gasteiger partial charge in [0, 0.05) is 10.9 Å². The highest BCUT2D eigenvalue weighted by molar-refractivity contribution is 7.11. The number of nitrogens with zero attached hydrogens (tertiary/aromatic N) is 1. The fraction of sp³-hybridized carbons (Fsp3) is 0.750. The van der Waals surface area contributed by atoms with Crippen LogP contribution in [0.3, 0.4) is 0 Å². The first kappa shape index (κ1) is 11.1. The second-order valence-corrected chi connectivity index (χ2v) is 5.48. The van der Waals surface area contributed by atoms with Gasteiger partial charge in [0.2, 0.25) is 0 Å². The minimum atomic E-state index is 0.678. The van der Waals surface area contributed by atoms with Crippen molar-refractivity contribution in [3.05, 3.63) is 15.6 Å². The van der Waals surface area contributed by atoms with Crippen molar-refractivity contribution in [1.82, 2.24) is 10.3 Å². The molecule has 0 radical (unpaired) electrons. The molecule has 1 atom stereocenters. The quantitative estimate of drug-likeness (QED) is 0.850. The molecule has 0 aliphatic heterocycles. The zero-order chi connectivity index (χ0) is 10.7. The number of likely N-dealkylation sites (N-methyl/N-ethyl adjacent to an activating group) is 1. The van der Waals surface area contributed by atoms with E-state index in [1.54, 1.807) is 0 Å². The van der Waals surface area contributed by atoms with E-state index >= 15 is 0 Å². The summed E-state index contributed by atoms with van der Waals surface area (Å²) < 4.78 is 0. The van der Waals surface area contributed by atoms with Crippen LogP contribution in [0.15, 0.2) is 0 Å². The molecular formula is C12H20N2S. The van der Waals surface area contributed by atoms with Gasteiger partial charge >= 0.3 is 0 Å². The van der Waals surface area contributed by atoms with E-state index in [1.165, 1.54) is 54.1 Å². The molecule has 0 aromatic carbocycles. The second kappa shape index (κ2) is 5.08. The summed E-state index contributed by atoms with van der Waals surface area (Å²) in [7, 11) is 2.06. The highest BCUT2D eigenvalue weighted by Gasteiger charge is 2.20. The third-order valence-electron chi connectivity index (χ3n) is 3.14. The van der Waals surface area contributed by atoms with E-state index in [-0.39, 0.29) is 0 Å². The fourth-order valence-corrected chi connectivity index (χ4v) is 3.35. The van der Waals surface area contributed by atoms with Crippen LogP contribution in [0.1, 0.15) is 41.8 Å². The summed E-state index contributed by atoms with van der Waals surface area (Å²) in [6.07, 6.45) is 7.34. The molecule has 1 aliphatic rings. The summed E-state index contributed by atoms with van der Waals surface area (Å²) >= 11 is 1.94. The predicted octanol–water partition coefficient (Wildman–Crippen LogP) is 2.56. The number of aromatic nitrogens is 1. The first-order valence-corrected chi connectivity index (χ1v) is 6.79. The van der Waals surface area contributed by atoms with Gasteiger partial charge in [-0.2, -0.15) is 0 Å². The van der Waals surface area contributed by atoms with E-state index in [0.717, 1.165) is 0 Å². The highest BCUT2D eigenvalue weighted by atomic mass is 32.1. The van der Waals surface area contributed by atoms with E-state index in [4.69, 9.17) is 4.98 Å². The van der Waals surface area contributed by atoms with Crippen LogP contribution in [0.25, 0.3) is 0 Å². The number of thiazole rings is 1. The molecule has 84 valence electrons. The number of fused-ring (bicyclic) bond motifs is 1. The molecule has 15 heavy (non-hydrogen) atoms. The molecule has 2 nitrogen and oxygen atoms in total. The summed E-state index contributed by atoms with van der Waals surface area (Å²) in [5.41, 5.74) is 1.39. The number of aryl methyl sites for hydroxylation is 2. The van der Waals surface area contributed by atoms with Crippen LogP contribution < -0.4 is 5.32 Å². The average molecular weight is 224 g/mol. The van der Waals surface area contributed by atoms with Crippen molar-refractivity contribution in [2.45, 2.75) is 51.5 Å². The normalized spacial score (nSPS) is 20.3. The molecule has 3 heteroatoms. The van der Waals surface area contributed by atoms with Crippen LogP contribution in [0.5, 0.6) is 0 Å². The van der Waals surface area contributed by atoms with Gasteiger partial charge in [0.15, 0.2) is 0 Å². The topological polar surface area (TPSA) is 24.9 Å². The summed E-state index contributed by atoms with van der Waals surface area (Å²) in [5, 5.41) is 4.74. The third-order valence-corrected chi connectivity index (χ3v) is 4.32. The second-order valence-electron chi connectivity index (χ2n) is 4.31. The third kappa shape index (κ3) is 2.58. The summed E-state index contributed by atoms with van der Waals surface area (Å²) in [6.45, 7) is 2.24. The molecule has 0 saturated heterocycles. The summed E-state index contributed by atoms with van der Waals surface area (Å²) in [6, 6.07) is 0.678. The smallest absolute Gasteiger partial charge is 0.0931 e. The maximum absolute atomic E-state index is 4.75. The molecule has 0 bridgehead atoms. The lowest BCUT2D eigenvalue weighted by molar-refractivity contribution is 0.496. The van der Waals surface area contributed by atoms with Gasteiger partial charge in [-0.3, -0.25) is 0 Å². The lowest BCUT2D eigenvalue weighted by Gasteiger charge is -2.19. The predicted molar refractivity (Wildman–Crippen MR) is 65.6 cm³/mol. The molecule has 0 unspecified atom stereocenters. The summed E-state index contributed by atoms with van der Waals surface area (Å²) in [5.74, 6) is 0. The molecule has 1 aromatic heterocycles. The number of unbranched alkanes of at least 4 members (excludes halogenated alkanes) is 1. The van der Waals surface area contributed by atoms with Crippen LogP contribution in [0, 0.1) is 0 Å². The Labute approximate surface area is 96.1 Å². The van der Waals surface area contributed by atoms with Gasteiger partial charge < -0.3 is 5.32 Å². The Morgan fingerprint density at radius 3 is 3.13 bits per heavy atom. The van der Waals surface area contributed by atoms with Crippen molar-refractivity contribution >= 4 is 11.3 Å².